The lowest BCUT2D eigenvalue weighted by atomic mass is 10.1. The number of benzene rings is 1. The van der Waals surface area contributed by atoms with Gasteiger partial charge in [0.15, 0.2) is 0 Å². The summed E-state index contributed by atoms with van der Waals surface area (Å²) in [5, 5.41) is 3.11. The Morgan fingerprint density at radius 3 is 2.87 bits per heavy atom. The number of hydrogen-bond acceptors (Lipinski definition) is 2. The van der Waals surface area contributed by atoms with Crippen LogP contribution in [-0.4, -0.2) is 17.5 Å². The predicted molar refractivity (Wildman–Crippen MR) is 60.3 cm³/mol. The van der Waals surface area contributed by atoms with E-state index in [1.165, 1.54) is 17.9 Å². The lowest BCUT2D eigenvalue weighted by molar-refractivity contribution is 0.581. The third-order valence-electron chi connectivity index (χ3n) is 2.45. The van der Waals surface area contributed by atoms with Gasteiger partial charge in [0.2, 0.25) is 0 Å². The van der Waals surface area contributed by atoms with Crippen molar-refractivity contribution < 1.29 is 8.78 Å². The van der Waals surface area contributed by atoms with E-state index in [9.17, 15) is 8.78 Å². The summed E-state index contributed by atoms with van der Waals surface area (Å²) in [7, 11) is 0. The molecule has 4 heteroatoms. The van der Waals surface area contributed by atoms with Crippen molar-refractivity contribution in [2.24, 2.45) is 0 Å². The Labute approximate surface area is 92.3 Å². The molecule has 1 fully saturated rings. The largest absolute Gasteiger partial charge is 0.379 e. The molecule has 0 saturated carbocycles. The highest BCUT2D eigenvalue weighted by atomic mass is 32.2. The molecule has 15 heavy (non-hydrogen) atoms. The van der Waals surface area contributed by atoms with E-state index in [1.54, 1.807) is 0 Å². The van der Waals surface area contributed by atoms with Crippen molar-refractivity contribution in [1.82, 2.24) is 0 Å². The summed E-state index contributed by atoms with van der Waals surface area (Å²) in [6.45, 7) is 0. The maximum Gasteiger partial charge on any atom is 0.149 e. The second-order valence-corrected chi connectivity index (χ2v) is 4.83. The van der Waals surface area contributed by atoms with Crippen LogP contribution in [0.4, 0.5) is 14.5 Å². The topological polar surface area (TPSA) is 12.0 Å². The predicted octanol–water partition coefficient (Wildman–Crippen LogP) is 3.27. The molecule has 1 nitrogen and oxygen atoms in total. The Kier molecular flexibility index (Phi) is 3.46. The molecule has 0 radical (unpaired) electrons. The van der Waals surface area contributed by atoms with Crippen LogP contribution in [0.2, 0.25) is 0 Å². The molecule has 82 valence electrons. The molecule has 1 aliphatic heterocycles. The van der Waals surface area contributed by atoms with Gasteiger partial charge in [0.05, 0.1) is 5.69 Å². The molecule has 0 spiro atoms. The van der Waals surface area contributed by atoms with E-state index < -0.39 is 11.6 Å². The molecule has 0 bridgehead atoms. The fourth-order valence-corrected chi connectivity index (χ4v) is 2.75. The molecule has 1 unspecified atom stereocenters. The van der Waals surface area contributed by atoms with Crippen LogP contribution in [-0.2, 0) is 0 Å². The summed E-state index contributed by atoms with van der Waals surface area (Å²) in [5.41, 5.74) is 0.406. The van der Waals surface area contributed by atoms with Crippen molar-refractivity contribution in [3.8, 4) is 0 Å². The van der Waals surface area contributed by atoms with Gasteiger partial charge in [0.1, 0.15) is 11.6 Å². The van der Waals surface area contributed by atoms with Gasteiger partial charge in [-0.1, -0.05) is 0 Å². The van der Waals surface area contributed by atoms with Crippen LogP contribution < -0.4 is 5.32 Å². The molecule has 1 heterocycles. The maximum atomic E-state index is 13.3. The first-order chi connectivity index (χ1) is 7.25. The Bertz CT molecular complexity index is 337. The van der Waals surface area contributed by atoms with Crippen LogP contribution in [0, 0.1) is 11.6 Å². The number of hydrogen-bond donors (Lipinski definition) is 1. The first-order valence-corrected chi connectivity index (χ1v) is 6.20. The fourth-order valence-electron chi connectivity index (χ4n) is 1.68. The van der Waals surface area contributed by atoms with E-state index in [4.69, 9.17) is 0 Å². The standard InChI is InChI=1S/C11H13F2NS/c12-8-3-4-11(10(13)6-8)14-9-2-1-5-15-7-9/h3-4,6,9,14H,1-2,5,7H2. The first-order valence-electron chi connectivity index (χ1n) is 5.05. The third kappa shape index (κ3) is 2.84. The van der Waals surface area contributed by atoms with Gasteiger partial charge in [-0.15, -0.1) is 0 Å². The van der Waals surface area contributed by atoms with Gasteiger partial charge in [0, 0.05) is 17.9 Å². The van der Waals surface area contributed by atoms with Crippen LogP contribution in [0.5, 0.6) is 0 Å². The monoisotopic (exact) mass is 229 g/mol. The molecule has 1 aromatic carbocycles. The number of anilines is 1. The van der Waals surface area contributed by atoms with Crippen LogP contribution in [0.1, 0.15) is 12.8 Å². The molecular weight excluding hydrogens is 216 g/mol. The second kappa shape index (κ2) is 4.84. The molecule has 1 aliphatic rings. The van der Waals surface area contributed by atoms with Crippen molar-refractivity contribution in [3.05, 3.63) is 29.8 Å². The number of rotatable bonds is 2. The van der Waals surface area contributed by atoms with Crippen molar-refractivity contribution in [1.29, 1.82) is 0 Å². The summed E-state index contributed by atoms with van der Waals surface area (Å²) >= 11 is 1.87. The molecule has 0 amide bonds. The lowest BCUT2D eigenvalue weighted by Gasteiger charge is -2.23. The van der Waals surface area contributed by atoms with E-state index in [2.05, 4.69) is 5.32 Å². The highest BCUT2D eigenvalue weighted by molar-refractivity contribution is 7.99. The zero-order chi connectivity index (χ0) is 10.7. The lowest BCUT2D eigenvalue weighted by Crippen LogP contribution is -2.26. The molecule has 1 saturated heterocycles. The molecule has 2 rings (SSSR count). The fraction of sp³-hybridized carbons (Fsp3) is 0.455. The number of nitrogens with one attached hydrogen (secondary N) is 1. The van der Waals surface area contributed by atoms with Gasteiger partial charge in [0.25, 0.3) is 0 Å². The van der Waals surface area contributed by atoms with Gasteiger partial charge in [-0.2, -0.15) is 11.8 Å². The van der Waals surface area contributed by atoms with E-state index in [-0.39, 0.29) is 0 Å². The van der Waals surface area contributed by atoms with Gasteiger partial charge >= 0.3 is 0 Å². The van der Waals surface area contributed by atoms with Crippen LogP contribution in [0.3, 0.4) is 0 Å². The minimum Gasteiger partial charge on any atom is -0.379 e. The van der Waals surface area contributed by atoms with E-state index in [0.29, 0.717) is 11.7 Å². The zero-order valence-electron chi connectivity index (χ0n) is 8.30. The molecular formula is C11H13F2NS. The first kappa shape index (κ1) is 10.7. The Morgan fingerprint density at radius 1 is 1.33 bits per heavy atom. The van der Waals surface area contributed by atoms with Crippen molar-refractivity contribution in [2.75, 3.05) is 16.8 Å². The smallest absolute Gasteiger partial charge is 0.149 e. The van der Waals surface area contributed by atoms with Gasteiger partial charge in [-0.05, 0) is 30.7 Å². The highest BCUT2D eigenvalue weighted by Gasteiger charge is 2.14. The summed E-state index contributed by atoms with van der Waals surface area (Å²) in [5.74, 6) is 1.14. The highest BCUT2D eigenvalue weighted by Crippen LogP contribution is 2.22. The molecule has 1 N–H and O–H groups in total. The van der Waals surface area contributed by atoms with E-state index in [0.717, 1.165) is 24.7 Å². The Balaban J connectivity index is 2.03. The minimum atomic E-state index is -0.531. The van der Waals surface area contributed by atoms with Crippen molar-refractivity contribution >= 4 is 17.4 Å². The van der Waals surface area contributed by atoms with Crippen LogP contribution >= 0.6 is 11.8 Å². The average molecular weight is 229 g/mol. The summed E-state index contributed by atoms with van der Waals surface area (Å²) in [6, 6.07) is 3.97. The molecule has 1 atom stereocenters. The Hall–Kier alpha value is -0.770. The number of thioether (sulfide) groups is 1. The number of halogens is 2. The van der Waals surface area contributed by atoms with Crippen LogP contribution in [0.25, 0.3) is 0 Å². The van der Waals surface area contributed by atoms with Gasteiger partial charge < -0.3 is 5.32 Å². The minimum absolute atomic E-state index is 0.309. The third-order valence-corrected chi connectivity index (χ3v) is 3.67. The SMILES string of the molecule is Fc1ccc(NC2CCCSC2)c(F)c1. The average Bonchev–Trinajstić information content (AvgIpc) is 2.24. The van der Waals surface area contributed by atoms with Crippen molar-refractivity contribution in [3.63, 3.8) is 0 Å². The van der Waals surface area contributed by atoms with E-state index in [1.807, 2.05) is 11.8 Å². The van der Waals surface area contributed by atoms with Gasteiger partial charge in [-0.3, -0.25) is 0 Å². The molecule has 0 aromatic heterocycles. The van der Waals surface area contributed by atoms with Gasteiger partial charge in [-0.25, -0.2) is 8.78 Å². The molecule has 0 aliphatic carbocycles. The molecule has 1 aromatic rings. The summed E-state index contributed by atoms with van der Waals surface area (Å²) in [4.78, 5) is 0. The van der Waals surface area contributed by atoms with Crippen molar-refractivity contribution in [2.45, 2.75) is 18.9 Å². The Morgan fingerprint density at radius 2 is 2.20 bits per heavy atom. The van der Waals surface area contributed by atoms with E-state index >= 15 is 0 Å². The normalized spacial score (nSPS) is 21.3. The maximum absolute atomic E-state index is 13.3. The zero-order valence-corrected chi connectivity index (χ0v) is 9.12. The van der Waals surface area contributed by atoms with Crippen LogP contribution in [0.15, 0.2) is 18.2 Å². The quantitative estimate of drug-likeness (QED) is 0.835. The second-order valence-electron chi connectivity index (χ2n) is 3.68. The summed E-state index contributed by atoms with van der Waals surface area (Å²) < 4.78 is 26.0. The summed E-state index contributed by atoms with van der Waals surface area (Å²) in [6.07, 6.45) is 2.22.